The highest BCUT2D eigenvalue weighted by molar-refractivity contribution is 5.94. The van der Waals surface area contributed by atoms with Crippen molar-refractivity contribution in [2.24, 2.45) is 0 Å². The van der Waals surface area contributed by atoms with Crippen molar-refractivity contribution < 1.29 is 14.3 Å². The van der Waals surface area contributed by atoms with Crippen LogP contribution in [0.4, 0.5) is 0 Å². The summed E-state index contributed by atoms with van der Waals surface area (Å²) in [6.45, 7) is 3.73. The van der Waals surface area contributed by atoms with Crippen molar-refractivity contribution in [1.29, 1.82) is 0 Å². The first-order valence-corrected chi connectivity index (χ1v) is 9.00. The summed E-state index contributed by atoms with van der Waals surface area (Å²) in [6, 6.07) is 13.8. The van der Waals surface area contributed by atoms with Crippen LogP contribution in [0, 0.1) is 0 Å². The third-order valence-corrected chi connectivity index (χ3v) is 4.79. The first-order chi connectivity index (χ1) is 12.7. The second-order valence-electron chi connectivity index (χ2n) is 6.47. The van der Waals surface area contributed by atoms with Gasteiger partial charge in [-0.15, -0.1) is 0 Å². The van der Waals surface area contributed by atoms with Gasteiger partial charge in [0.05, 0.1) is 14.2 Å². The first-order valence-electron chi connectivity index (χ1n) is 9.00. The fourth-order valence-corrected chi connectivity index (χ4v) is 3.33. The molecular formula is C21H26N2O3. The molecular weight excluding hydrogens is 328 g/mol. The summed E-state index contributed by atoms with van der Waals surface area (Å²) in [5.41, 5.74) is 3.47. The lowest BCUT2D eigenvalue weighted by atomic mass is 10.00. The van der Waals surface area contributed by atoms with Gasteiger partial charge in [0, 0.05) is 31.7 Å². The molecule has 138 valence electrons. The quantitative estimate of drug-likeness (QED) is 0.777. The number of amides is 1. The van der Waals surface area contributed by atoms with E-state index in [2.05, 4.69) is 34.5 Å². The van der Waals surface area contributed by atoms with Crippen molar-refractivity contribution in [2.75, 3.05) is 33.9 Å². The summed E-state index contributed by atoms with van der Waals surface area (Å²) in [4.78, 5) is 14.8. The molecule has 3 rings (SSSR count). The molecule has 2 aromatic carbocycles. The number of methoxy groups -OCH3 is 2. The Labute approximate surface area is 154 Å². The maximum Gasteiger partial charge on any atom is 0.251 e. The van der Waals surface area contributed by atoms with Crippen LogP contribution in [0.15, 0.2) is 42.5 Å². The zero-order valence-corrected chi connectivity index (χ0v) is 15.5. The molecule has 1 aliphatic rings. The van der Waals surface area contributed by atoms with Crippen LogP contribution in [-0.2, 0) is 13.0 Å². The maximum atomic E-state index is 12.3. The van der Waals surface area contributed by atoms with Gasteiger partial charge in [0.15, 0.2) is 11.5 Å². The Balaban J connectivity index is 1.45. The molecule has 5 heteroatoms. The monoisotopic (exact) mass is 354 g/mol. The Morgan fingerprint density at radius 3 is 2.62 bits per heavy atom. The van der Waals surface area contributed by atoms with Crippen LogP contribution in [0.1, 0.15) is 27.9 Å². The summed E-state index contributed by atoms with van der Waals surface area (Å²) in [5.74, 6) is 1.09. The van der Waals surface area contributed by atoms with Crippen molar-refractivity contribution in [1.82, 2.24) is 10.2 Å². The van der Waals surface area contributed by atoms with E-state index in [0.717, 1.165) is 32.5 Å². The van der Waals surface area contributed by atoms with E-state index in [1.165, 1.54) is 11.1 Å². The standard InChI is InChI=1S/C21H26N2O3/c1-25-19-9-8-17(14-20(19)26-2)21(24)22-11-5-12-23-13-10-16-6-3-4-7-18(16)15-23/h3-4,6-9,14H,5,10-13,15H2,1-2H3,(H,22,24). The van der Waals surface area contributed by atoms with Crippen LogP contribution >= 0.6 is 0 Å². The minimum atomic E-state index is -0.0880. The maximum absolute atomic E-state index is 12.3. The van der Waals surface area contributed by atoms with E-state index in [1.807, 2.05) is 0 Å². The van der Waals surface area contributed by atoms with E-state index in [4.69, 9.17) is 9.47 Å². The molecule has 2 aromatic rings. The van der Waals surface area contributed by atoms with Gasteiger partial charge >= 0.3 is 0 Å². The number of rotatable bonds is 7. The number of hydrogen-bond acceptors (Lipinski definition) is 4. The third-order valence-electron chi connectivity index (χ3n) is 4.79. The van der Waals surface area contributed by atoms with Gasteiger partial charge in [0.25, 0.3) is 5.91 Å². The molecule has 0 saturated heterocycles. The van der Waals surface area contributed by atoms with Crippen LogP contribution in [0.25, 0.3) is 0 Å². The Hall–Kier alpha value is -2.53. The van der Waals surface area contributed by atoms with Crippen LogP contribution in [0.5, 0.6) is 11.5 Å². The summed E-state index contributed by atoms with van der Waals surface area (Å²) < 4.78 is 10.4. The topological polar surface area (TPSA) is 50.8 Å². The Kier molecular flexibility index (Phi) is 6.12. The molecule has 0 atom stereocenters. The molecule has 1 amide bonds. The SMILES string of the molecule is COc1ccc(C(=O)NCCCN2CCc3ccccc3C2)cc1OC. The number of nitrogens with one attached hydrogen (secondary N) is 1. The highest BCUT2D eigenvalue weighted by atomic mass is 16.5. The van der Waals surface area contributed by atoms with Crippen molar-refractivity contribution in [3.63, 3.8) is 0 Å². The molecule has 0 aliphatic carbocycles. The van der Waals surface area contributed by atoms with E-state index in [9.17, 15) is 4.79 Å². The normalized spacial score (nSPS) is 13.8. The zero-order chi connectivity index (χ0) is 18.4. The molecule has 1 N–H and O–H groups in total. The predicted molar refractivity (Wildman–Crippen MR) is 102 cm³/mol. The minimum absolute atomic E-state index is 0.0880. The first kappa shape index (κ1) is 18.3. The van der Waals surface area contributed by atoms with E-state index in [1.54, 1.807) is 32.4 Å². The number of hydrogen-bond donors (Lipinski definition) is 1. The molecule has 0 bridgehead atoms. The van der Waals surface area contributed by atoms with Gasteiger partial charge in [0.1, 0.15) is 0 Å². The highest BCUT2D eigenvalue weighted by Crippen LogP contribution is 2.27. The molecule has 5 nitrogen and oxygen atoms in total. The average Bonchev–Trinajstić information content (AvgIpc) is 2.70. The van der Waals surface area contributed by atoms with E-state index < -0.39 is 0 Å². The molecule has 0 fully saturated rings. The summed E-state index contributed by atoms with van der Waals surface area (Å²) in [5, 5.41) is 2.98. The average molecular weight is 354 g/mol. The number of nitrogens with zero attached hydrogens (tertiary/aromatic N) is 1. The van der Waals surface area contributed by atoms with Gasteiger partial charge < -0.3 is 14.8 Å². The molecule has 0 aromatic heterocycles. The second kappa shape index (κ2) is 8.72. The molecule has 0 saturated carbocycles. The summed E-state index contributed by atoms with van der Waals surface area (Å²) in [7, 11) is 3.15. The summed E-state index contributed by atoms with van der Waals surface area (Å²) in [6.07, 6.45) is 2.04. The molecule has 1 heterocycles. The van der Waals surface area contributed by atoms with Crippen molar-refractivity contribution in [3.8, 4) is 11.5 Å². The molecule has 0 spiro atoms. The lowest BCUT2D eigenvalue weighted by Gasteiger charge is -2.28. The number of ether oxygens (including phenoxy) is 2. The third kappa shape index (κ3) is 4.35. The Morgan fingerprint density at radius 2 is 1.85 bits per heavy atom. The van der Waals surface area contributed by atoms with Gasteiger partial charge in [-0.2, -0.15) is 0 Å². The Morgan fingerprint density at radius 1 is 1.08 bits per heavy atom. The number of fused-ring (bicyclic) bond motifs is 1. The van der Waals surface area contributed by atoms with Gasteiger partial charge in [-0.25, -0.2) is 0 Å². The number of carbonyl (C=O) groups is 1. The van der Waals surface area contributed by atoms with Gasteiger partial charge in [-0.1, -0.05) is 24.3 Å². The summed E-state index contributed by atoms with van der Waals surface area (Å²) >= 11 is 0. The molecule has 0 unspecified atom stereocenters. The van der Waals surface area contributed by atoms with Crippen LogP contribution in [0.3, 0.4) is 0 Å². The smallest absolute Gasteiger partial charge is 0.251 e. The van der Waals surface area contributed by atoms with Gasteiger partial charge in [0.2, 0.25) is 0 Å². The largest absolute Gasteiger partial charge is 0.493 e. The second-order valence-corrected chi connectivity index (χ2v) is 6.47. The van der Waals surface area contributed by atoms with Crippen molar-refractivity contribution in [2.45, 2.75) is 19.4 Å². The van der Waals surface area contributed by atoms with Crippen LogP contribution in [-0.4, -0.2) is 44.7 Å². The zero-order valence-electron chi connectivity index (χ0n) is 15.5. The van der Waals surface area contributed by atoms with E-state index in [-0.39, 0.29) is 5.91 Å². The lowest BCUT2D eigenvalue weighted by Crippen LogP contribution is -2.33. The van der Waals surface area contributed by atoms with Crippen LogP contribution in [0.2, 0.25) is 0 Å². The lowest BCUT2D eigenvalue weighted by molar-refractivity contribution is 0.0951. The fraction of sp³-hybridized carbons (Fsp3) is 0.381. The van der Waals surface area contributed by atoms with Crippen molar-refractivity contribution >= 4 is 5.91 Å². The van der Waals surface area contributed by atoms with E-state index in [0.29, 0.717) is 23.6 Å². The molecule has 0 radical (unpaired) electrons. The predicted octanol–water partition coefficient (Wildman–Crippen LogP) is 2.88. The minimum Gasteiger partial charge on any atom is -0.493 e. The van der Waals surface area contributed by atoms with Crippen molar-refractivity contribution in [3.05, 3.63) is 59.2 Å². The van der Waals surface area contributed by atoms with E-state index >= 15 is 0 Å². The van der Waals surface area contributed by atoms with Gasteiger partial charge in [-0.05, 0) is 42.2 Å². The van der Waals surface area contributed by atoms with Gasteiger partial charge in [-0.3, -0.25) is 9.69 Å². The fourth-order valence-electron chi connectivity index (χ4n) is 3.33. The number of carbonyl (C=O) groups excluding carboxylic acids is 1. The molecule has 1 aliphatic heterocycles. The highest BCUT2D eigenvalue weighted by Gasteiger charge is 2.15. The number of benzene rings is 2. The van der Waals surface area contributed by atoms with Crippen LogP contribution < -0.4 is 14.8 Å². The molecule has 26 heavy (non-hydrogen) atoms. The Bertz CT molecular complexity index is 761.